The fourth-order valence-corrected chi connectivity index (χ4v) is 9.30. The summed E-state index contributed by atoms with van der Waals surface area (Å²) in [4.78, 5) is 72.6. The Bertz CT molecular complexity index is 2550. The fourth-order valence-electron chi connectivity index (χ4n) is 8.37. The van der Waals surface area contributed by atoms with Crippen LogP contribution in [0.2, 0.25) is 5.15 Å². The standard InChI is InChI=1S/C47H47ClN8O6S/c1-61-46(59)52-39(31-11-6-4-7-12-31)44(57)55-24-10-15-36(55)43-51-38(41(48)54-43)33-22-18-29(19-23-33)28-16-20-30(21-17-28)35-26-49-42(50-35)37-25-34(63-3)27-56(37)45(58)40(53-47(60)62-2)32-13-8-5-9-14-32/h4-9,11-14,16-23,26,34,36-37,39-40H,10,15,24-25,27H2,1-3H3,(H,49,50)(H,51,54)(H,52,59)(H,53,60)/t34-,36-,37-,39-,40-/m0/s1. The Morgan fingerprint density at radius 2 is 1.25 bits per heavy atom. The number of thioether (sulfide) groups is 1. The van der Waals surface area contributed by atoms with Crippen molar-refractivity contribution >= 4 is 47.4 Å². The second-order valence-corrected chi connectivity index (χ2v) is 16.9. The maximum Gasteiger partial charge on any atom is 0.407 e. The largest absolute Gasteiger partial charge is 0.453 e. The lowest BCUT2D eigenvalue weighted by Crippen LogP contribution is -2.43. The number of nitrogens with one attached hydrogen (secondary N) is 4. The molecule has 4 heterocycles. The van der Waals surface area contributed by atoms with Gasteiger partial charge in [0.15, 0.2) is 0 Å². The molecule has 14 nitrogen and oxygen atoms in total. The zero-order chi connectivity index (χ0) is 44.0. The predicted octanol–water partition coefficient (Wildman–Crippen LogP) is 8.65. The van der Waals surface area contributed by atoms with E-state index in [-0.39, 0.29) is 29.1 Å². The van der Waals surface area contributed by atoms with Gasteiger partial charge in [0, 0.05) is 23.9 Å². The van der Waals surface area contributed by atoms with Crippen molar-refractivity contribution in [2.45, 2.75) is 48.7 Å². The van der Waals surface area contributed by atoms with E-state index < -0.39 is 24.3 Å². The van der Waals surface area contributed by atoms with Crippen LogP contribution in [0.4, 0.5) is 9.59 Å². The number of hydrogen-bond acceptors (Lipinski definition) is 9. The monoisotopic (exact) mass is 886 g/mol. The van der Waals surface area contributed by atoms with Gasteiger partial charge in [0.2, 0.25) is 0 Å². The summed E-state index contributed by atoms with van der Waals surface area (Å²) in [6.45, 7) is 1.02. The molecule has 8 rings (SSSR count). The van der Waals surface area contributed by atoms with Gasteiger partial charge in [-0.05, 0) is 53.3 Å². The molecule has 6 aromatic rings. The smallest absolute Gasteiger partial charge is 0.407 e. The van der Waals surface area contributed by atoms with Crippen molar-refractivity contribution in [1.82, 2.24) is 40.4 Å². The van der Waals surface area contributed by atoms with Crippen LogP contribution < -0.4 is 10.6 Å². The van der Waals surface area contributed by atoms with Crippen LogP contribution >= 0.6 is 23.4 Å². The summed E-state index contributed by atoms with van der Waals surface area (Å²) >= 11 is 8.47. The Balaban J connectivity index is 0.957. The molecule has 4 amide bonds. The van der Waals surface area contributed by atoms with Gasteiger partial charge < -0.3 is 39.9 Å². The van der Waals surface area contributed by atoms with Gasteiger partial charge in [-0.25, -0.2) is 19.6 Å². The minimum atomic E-state index is -0.923. The van der Waals surface area contributed by atoms with E-state index in [1.165, 1.54) is 14.2 Å². The number of aromatic nitrogens is 4. The molecule has 4 N–H and O–H groups in total. The third-order valence-electron chi connectivity index (χ3n) is 11.7. The number of imidazole rings is 2. The van der Waals surface area contributed by atoms with E-state index in [1.807, 2.05) is 103 Å². The Hall–Kier alpha value is -6.58. The quantitative estimate of drug-likeness (QED) is 0.0938. The minimum Gasteiger partial charge on any atom is -0.453 e. The molecule has 2 saturated heterocycles. The van der Waals surface area contributed by atoms with Crippen LogP contribution in [0.3, 0.4) is 0 Å². The number of rotatable bonds is 12. The van der Waals surface area contributed by atoms with Crippen molar-refractivity contribution in [3.63, 3.8) is 0 Å². The first-order valence-electron chi connectivity index (χ1n) is 20.6. The van der Waals surface area contributed by atoms with Crippen molar-refractivity contribution in [2.75, 3.05) is 33.6 Å². The van der Waals surface area contributed by atoms with Gasteiger partial charge in [0.25, 0.3) is 11.8 Å². The molecule has 2 aliphatic rings. The highest BCUT2D eigenvalue weighted by atomic mass is 35.5. The Kier molecular flexibility index (Phi) is 13.1. The molecule has 324 valence electrons. The summed E-state index contributed by atoms with van der Waals surface area (Å²) in [5, 5.41) is 6.00. The SMILES string of the molecule is COC(=O)N[C@H](C(=O)N1C[C@@H](SC)C[C@H]1c1ncc(-c2ccc(-c3ccc(-c4nc([C@@H]5CCCN5C(=O)[C@@H](NC(=O)OC)c5ccccc5)[nH]c4Cl)cc3)cc2)[nH]1)c1ccccc1. The number of halogens is 1. The van der Waals surface area contributed by atoms with Gasteiger partial charge >= 0.3 is 12.2 Å². The molecular weight excluding hydrogens is 840 g/mol. The Morgan fingerprint density at radius 3 is 1.81 bits per heavy atom. The number of nitrogens with zero attached hydrogens (tertiary/aromatic N) is 4. The van der Waals surface area contributed by atoms with Crippen molar-refractivity contribution < 1.29 is 28.7 Å². The van der Waals surface area contributed by atoms with Gasteiger partial charge in [-0.1, -0.05) is 121 Å². The molecule has 2 aliphatic heterocycles. The van der Waals surface area contributed by atoms with Gasteiger partial charge in [-0.3, -0.25) is 9.59 Å². The van der Waals surface area contributed by atoms with Crippen LogP contribution in [0.15, 0.2) is 115 Å². The molecule has 2 aromatic heterocycles. The molecule has 2 fully saturated rings. The molecule has 63 heavy (non-hydrogen) atoms. The maximum absolute atomic E-state index is 14.2. The highest BCUT2D eigenvalue weighted by molar-refractivity contribution is 7.99. The van der Waals surface area contributed by atoms with Gasteiger partial charge in [-0.2, -0.15) is 11.8 Å². The Morgan fingerprint density at radius 1 is 0.714 bits per heavy atom. The second kappa shape index (κ2) is 19.2. The fraction of sp³-hybridized carbons (Fsp3) is 0.277. The van der Waals surface area contributed by atoms with Crippen LogP contribution in [-0.4, -0.2) is 92.6 Å². The zero-order valence-electron chi connectivity index (χ0n) is 34.9. The van der Waals surface area contributed by atoms with E-state index in [1.54, 1.807) is 39.9 Å². The van der Waals surface area contributed by atoms with E-state index in [2.05, 4.69) is 20.6 Å². The Labute approximate surface area is 374 Å². The molecular formula is C47H47ClN8O6S. The zero-order valence-corrected chi connectivity index (χ0v) is 36.5. The number of benzene rings is 4. The summed E-state index contributed by atoms with van der Waals surface area (Å²) in [7, 11) is 2.55. The van der Waals surface area contributed by atoms with E-state index >= 15 is 0 Å². The molecule has 0 bridgehead atoms. The molecule has 16 heteroatoms. The van der Waals surface area contributed by atoms with Crippen LogP contribution in [0.5, 0.6) is 0 Å². The average molecular weight is 887 g/mol. The van der Waals surface area contributed by atoms with Crippen molar-refractivity contribution in [3.05, 3.63) is 143 Å². The number of methoxy groups -OCH3 is 2. The highest BCUT2D eigenvalue weighted by Gasteiger charge is 2.41. The molecule has 4 aromatic carbocycles. The summed E-state index contributed by atoms with van der Waals surface area (Å²) in [5.41, 5.74) is 6.48. The summed E-state index contributed by atoms with van der Waals surface area (Å²) < 4.78 is 9.69. The average Bonchev–Trinajstić information content (AvgIpc) is 4.17. The predicted molar refractivity (Wildman–Crippen MR) is 242 cm³/mol. The van der Waals surface area contributed by atoms with Crippen molar-refractivity contribution in [3.8, 4) is 33.6 Å². The molecule has 0 spiro atoms. The lowest BCUT2D eigenvalue weighted by atomic mass is 10.0. The topological polar surface area (TPSA) is 175 Å². The van der Waals surface area contributed by atoms with Crippen LogP contribution in [-0.2, 0) is 19.1 Å². The van der Waals surface area contributed by atoms with E-state index in [4.69, 9.17) is 31.0 Å². The normalized spacial score (nSPS) is 18.1. The second-order valence-electron chi connectivity index (χ2n) is 15.4. The number of amides is 4. The lowest BCUT2D eigenvalue weighted by Gasteiger charge is -2.28. The maximum atomic E-state index is 14.2. The van der Waals surface area contributed by atoms with Crippen molar-refractivity contribution in [2.24, 2.45) is 0 Å². The highest BCUT2D eigenvalue weighted by Crippen LogP contribution is 2.39. The first-order valence-corrected chi connectivity index (χ1v) is 22.3. The number of likely N-dealkylation sites (tertiary alicyclic amines) is 2. The van der Waals surface area contributed by atoms with Crippen LogP contribution in [0, 0.1) is 0 Å². The number of carbonyl (C=O) groups is 4. The third kappa shape index (κ3) is 9.30. The van der Waals surface area contributed by atoms with E-state index in [9.17, 15) is 19.2 Å². The number of alkyl carbamates (subject to hydrolysis) is 2. The molecule has 0 aliphatic carbocycles. The van der Waals surface area contributed by atoms with Gasteiger partial charge in [0.05, 0.1) is 38.2 Å². The number of ether oxygens (including phenoxy) is 2. The summed E-state index contributed by atoms with van der Waals surface area (Å²) in [6, 6.07) is 31.9. The minimum absolute atomic E-state index is 0.198. The van der Waals surface area contributed by atoms with Crippen LogP contribution in [0.1, 0.15) is 66.2 Å². The van der Waals surface area contributed by atoms with E-state index in [0.29, 0.717) is 59.6 Å². The third-order valence-corrected chi connectivity index (χ3v) is 12.9. The molecule has 0 radical (unpaired) electrons. The number of aromatic amines is 2. The molecule has 0 unspecified atom stereocenters. The van der Waals surface area contributed by atoms with Gasteiger partial charge in [-0.15, -0.1) is 0 Å². The first kappa shape index (κ1) is 43.1. The van der Waals surface area contributed by atoms with Crippen molar-refractivity contribution in [1.29, 1.82) is 0 Å². The lowest BCUT2D eigenvalue weighted by molar-refractivity contribution is -0.135. The summed E-state index contributed by atoms with van der Waals surface area (Å²) in [6.07, 6.45) is 4.62. The summed E-state index contributed by atoms with van der Waals surface area (Å²) in [5.74, 6) is 0.772. The first-order chi connectivity index (χ1) is 30.6. The van der Waals surface area contributed by atoms with Crippen LogP contribution in [0.25, 0.3) is 33.6 Å². The molecule has 0 saturated carbocycles. The number of hydrogen-bond donors (Lipinski definition) is 4. The molecule has 5 atom stereocenters. The van der Waals surface area contributed by atoms with E-state index in [0.717, 1.165) is 34.4 Å². The number of carbonyl (C=O) groups excluding carboxylic acids is 4. The van der Waals surface area contributed by atoms with Gasteiger partial charge in [0.1, 0.15) is 34.6 Å². The number of H-pyrrole nitrogens is 2.